The molecular formula is C15H16N2O4. The van der Waals surface area contributed by atoms with E-state index in [0.29, 0.717) is 5.75 Å². The van der Waals surface area contributed by atoms with Crippen LogP contribution in [0.2, 0.25) is 0 Å². The number of nitro groups is 1. The lowest BCUT2D eigenvalue weighted by molar-refractivity contribution is -0.384. The first kappa shape index (κ1) is 14.8. The molecule has 6 heteroatoms. The van der Waals surface area contributed by atoms with Crippen molar-refractivity contribution in [3.8, 4) is 11.5 Å². The molecule has 0 saturated carbocycles. The molecule has 2 rings (SSSR count). The zero-order chi connectivity index (χ0) is 15.4. The number of non-ortho nitro benzene ring substituents is 1. The first-order valence-corrected chi connectivity index (χ1v) is 6.39. The lowest BCUT2D eigenvalue weighted by Crippen LogP contribution is -2.04. The number of pyridine rings is 1. The lowest BCUT2D eigenvalue weighted by Gasteiger charge is -2.12. The van der Waals surface area contributed by atoms with Crippen LogP contribution in [0.25, 0.3) is 0 Å². The highest BCUT2D eigenvalue weighted by Crippen LogP contribution is 2.25. The van der Waals surface area contributed by atoms with Crippen molar-refractivity contribution in [1.82, 2.24) is 4.98 Å². The molecule has 2 aromatic rings. The number of benzene rings is 1. The molecule has 0 N–H and O–H groups in total. The second-order valence-corrected chi connectivity index (χ2v) is 4.59. The van der Waals surface area contributed by atoms with Gasteiger partial charge in [-0.3, -0.25) is 15.1 Å². The molecule has 0 bridgehead atoms. The van der Waals surface area contributed by atoms with E-state index < -0.39 is 4.92 Å². The molecule has 0 aliphatic carbocycles. The summed E-state index contributed by atoms with van der Waals surface area (Å²) in [6.45, 7) is 4.05. The van der Waals surface area contributed by atoms with Crippen LogP contribution in [0, 0.1) is 24.0 Å². The monoisotopic (exact) mass is 288 g/mol. The molecule has 0 amide bonds. The molecule has 6 nitrogen and oxygen atoms in total. The van der Waals surface area contributed by atoms with Gasteiger partial charge >= 0.3 is 0 Å². The number of aryl methyl sites for hydroxylation is 1. The summed E-state index contributed by atoms with van der Waals surface area (Å²) in [6, 6.07) is 6.07. The molecule has 0 aliphatic rings. The van der Waals surface area contributed by atoms with E-state index in [1.165, 1.54) is 12.1 Å². The summed E-state index contributed by atoms with van der Waals surface area (Å²) in [6.07, 6.45) is 1.72. The number of hydrogen-bond acceptors (Lipinski definition) is 5. The highest BCUT2D eigenvalue weighted by Gasteiger charge is 2.11. The van der Waals surface area contributed by atoms with Crippen molar-refractivity contribution in [2.75, 3.05) is 7.11 Å². The minimum absolute atomic E-state index is 0.00123. The fourth-order valence-corrected chi connectivity index (χ4v) is 2.06. The average Bonchev–Trinajstić information content (AvgIpc) is 2.47. The molecule has 1 aromatic carbocycles. The van der Waals surface area contributed by atoms with Crippen molar-refractivity contribution in [2.24, 2.45) is 0 Å². The smallest absolute Gasteiger partial charge is 0.273 e. The van der Waals surface area contributed by atoms with Gasteiger partial charge in [0.05, 0.1) is 23.8 Å². The Balaban J connectivity index is 2.17. The van der Waals surface area contributed by atoms with Crippen molar-refractivity contribution in [3.05, 3.63) is 57.4 Å². The number of rotatable bonds is 5. The van der Waals surface area contributed by atoms with Crippen LogP contribution in [0.1, 0.15) is 16.8 Å². The number of nitrogens with zero attached hydrogens (tertiary/aromatic N) is 2. The largest absolute Gasteiger partial charge is 0.496 e. The zero-order valence-corrected chi connectivity index (χ0v) is 12.1. The van der Waals surface area contributed by atoms with E-state index in [0.717, 1.165) is 22.6 Å². The second-order valence-electron chi connectivity index (χ2n) is 4.59. The third-order valence-electron chi connectivity index (χ3n) is 3.15. The Labute approximate surface area is 122 Å². The Morgan fingerprint density at radius 1 is 1.33 bits per heavy atom. The highest BCUT2D eigenvalue weighted by molar-refractivity contribution is 5.41. The number of ether oxygens (including phenoxy) is 2. The highest BCUT2D eigenvalue weighted by atomic mass is 16.6. The summed E-state index contributed by atoms with van der Waals surface area (Å²) in [4.78, 5) is 14.6. The van der Waals surface area contributed by atoms with Gasteiger partial charge in [-0.15, -0.1) is 0 Å². The first-order chi connectivity index (χ1) is 10.0. The van der Waals surface area contributed by atoms with Gasteiger partial charge in [-0.1, -0.05) is 6.07 Å². The van der Waals surface area contributed by atoms with Gasteiger partial charge in [-0.25, -0.2) is 0 Å². The SMILES string of the molecule is COc1c(C)cnc(COc2cccc([N+](=O)[O-])c2)c1C. The quantitative estimate of drug-likeness (QED) is 0.624. The van der Waals surface area contributed by atoms with Crippen molar-refractivity contribution >= 4 is 5.69 Å². The Bertz CT molecular complexity index is 671. The predicted octanol–water partition coefficient (Wildman–Crippen LogP) is 3.19. The molecule has 0 spiro atoms. The van der Waals surface area contributed by atoms with E-state index in [-0.39, 0.29) is 12.3 Å². The second kappa shape index (κ2) is 6.21. The summed E-state index contributed by atoms with van der Waals surface area (Å²) in [5, 5.41) is 10.7. The fraction of sp³-hybridized carbons (Fsp3) is 0.267. The molecule has 0 radical (unpaired) electrons. The van der Waals surface area contributed by atoms with Crippen LogP contribution < -0.4 is 9.47 Å². The van der Waals surface area contributed by atoms with Gasteiger partial charge in [0.25, 0.3) is 5.69 Å². The first-order valence-electron chi connectivity index (χ1n) is 6.39. The minimum atomic E-state index is -0.453. The number of nitro benzene ring substituents is 1. The van der Waals surface area contributed by atoms with E-state index in [4.69, 9.17) is 9.47 Å². The van der Waals surface area contributed by atoms with Crippen molar-refractivity contribution in [2.45, 2.75) is 20.5 Å². The molecule has 0 unspecified atom stereocenters. The summed E-state index contributed by atoms with van der Waals surface area (Å²) in [5.74, 6) is 1.22. The molecule has 1 aromatic heterocycles. The van der Waals surface area contributed by atoms with Crippen molar-refractivity contribution in [1.29, 1.82) is 0 Å². The summed E-state index contributed by atoms with van der Waals surface area (Å²) < 4.78 is 10.9. The molecule has 0 saturated heterocycles. The van der Waals surface area contributed by atoms with Gasteiger partial charge in [0, 0.05) is 23.4 Å². The van der Waals surface area contributed by atoms with Gasteiger partial charge in [0.15, 0.2) is 0 Å². The van der Waals surface area contributed by atoms with Crippen molar-refractivity contribution in [3.63, 3.8) is 0 Å². The summed E-state index contributed by atoms with van der Waals surface area (Å²) in [5.41, 5.74) is 2.60. The Morgan fingerprint density at radius 3 is 2.76 bits per heavy atom. The summed E-state index contributed by atoms with van der Waals surface area (Å²) >= 11 is 0. The zero-order valence-electron chi connectivity index (χ0n) is 12.1. The Morgan fingerprint density at radius 2 is 2.10 bits per heavy atom. The number of aromatic nitrogens is 1. The van der Waals surface area contributed by atoms with Crippen LogP contribution in [0.3, 0.4) is 0 Å². The van der Waals surface area contributed by atoms with Crippen LogP contribution in [-0.2, 0) is 6.61 Å². The van der Waals surface area contributed by atoms with Gasteiger partial charge in [-0.05, 0) is 19.9 Å². The maximum absolute atomic E-state index is 10.7. The number of methoxy groups -OCH3 is 1. The van der Waals surface area contributed by atoms with E-state index in [2.05, 4.69) is 4.98 Å². The topological polar surface area (TPSA) is 74.5 Å². The molecule has 1 heterocycles. The maximum atomic E-state index is 10.7. The van der Waals surface area contributed by atoms with Crippen LogP contribution >= 0.6 is 0 Å². The van der Waals surface area contributed by atoms with Gasteiger partial charge in [-0.2, -0.15) is 0 Å². The van der Waals surface area contributed by atoms with Crippen LogP contribution in [0.5, 0.6) is 11.5 Å². The average molecular weight is 288 g/mol. The van der Waals surface area contributed by atoms with Crippen molar-refractivity contribution < 1.29 is 14.4 Å². The van der Waals surface area contributed by atoms with Gasteiger partial charge in [0.1, 0.15) is 18.1 Å². The Hall–Kier alpha value is -2.63. The van der Waals surface area contributed by atoms with Gasteiger partial charge < -0.3 is 9.47 Å². The Kier molecular flexibility index (Phi) is 4.37. The predicted molar refractivity (Wildman–Crippen MR) is 77.7 cm³/mol. The molecule has 0 aliphatic heterocycles. The molecule has 0 atom stereocenters. The van der Waals surface area contributed by atoms with E-state index >= 15 is 0 Å². The minimum Gasteiger partial charge on any atom is -0.496 e. The third-order valence-corrected chi connectivity index (χ3v) is 3.15. The molecule has 110 valence electrons. The molecule has 0 fully saturated rings. The van der Waals surface area contributed by atoms with E-state index in [9.17, 15) is 10.1 Å². The summed E-state index contributed by atoms with van der Waals surface area (Å²) in [7, 11) is 1.61. The van der Waals surface area contributed by atoms with Crippen LogP contribution in [0.4, 0.5) is 5.69 Å². The normalized spacial score (nSPS) is 10.2. The standard InChI is InChI=1S/C15H16N2O4/c1-10-8-16-14(11(2)15(10)20-3)9-21-13-6-4-5-12(7-13)17(18)19/h4-8H,9H2,1-3H3. The lowest BCUT2D eigenvalue weighted by atomic mass is 10.1. The van der Waals surface area contributed by atoms with Gasteiger partial charge in [0.2, 0.25) is 0 Å². The third kappa shape index (κ3) is 3.28. The van der Waals surface area contributed by atoms with E-state index in [1.54, 1.807) is 25.4 Å². The number of hydrogen-bond donors (Lipinski definition) is 0. The molecule has 21 heavy (non-hydrogen) atoms. The fourth-order valence-electron chi connectivity index (χ4n) is 2.06. The maximum Gasteiger partial charge on any atom is 0.273 e. The molecular weight excluding hydrogens is 272 g/mol. The van der Waals surface area contributed by atoms with E-state index in [1.807, 2.05) is 13.8 Å². The van der Waals surface area contributed by atoms with Crippen LogP contribution in [0.15, 0.2) is 30.5 Å². The van der Waals surface area contributed by atoms with Crippen LogP contribution in [-0.4, -0.2) is 17.0 Å².